The average Bonchev–Trinajstić information content (AvgIpc) is 2.89. The van der Waals surface area contributed by atoms with Crippen LogP contribution in [0.15, 0.2) is 60.7 Å². The van der Waals surface area contributed by atoms with Gasteiger partial charge in [-0.3, -0.25) is 4.79 Å². The molecule has 0 bridgehead atoms. The maximum atomic E-state index is 12.8. The number of hydrogen-bond donors (Lipinski definition) is 1. The van der Waals surface area contributed by atoms with E-state index in [1.165, 1.54) is 11.1 Å². The van der Waals surface area contributed by atoms with Crippen LogP contribution in [0.4, 0.5) is 0 Å². The van der Waals surface area contributed by atoms with Crippen LogP contribution in [-0.2, 0) is 13.1 Å². The normalized spacial score (nSPS) is 10.7. The molecule has 0 aliphatic carbocycles. The molecular weight excluding hydrogens is 308 g/mol. The summed E-state index contributed by atoms with van der Waals surface area (Å²) in [7, 11) is 0. The molecule has 1 aromatic heterocycles. The summed E-state index contributed by atoms with van der Waals surface area (Å²) in [5.74, 6) is -0.0250. The van der Waals surface area contributed by atoms with E-state index in [2.05, 4.69) is 41.9 Å². The summed E-state index contributed by atoms with van der Waals surface area (Å²) in [5.41, 5.74) is 6.43. The molecule has 25 heavy (non-hydrogen) atoms. The first kappa shape index (κ1) is 17.0. The minimum atomic E-state index is -0.0250. The zero-order chi connectivity index (χ0) is 17.8. The fourth-order valence-corrected chi connectivity index (χ4v) is 3.17. The number of carbonyl (C=O) groups is 1. The zero-order valence-electron chi connectivity index (χ0n) is 15.0. The van der Waals surface area contributed by atoms with Gasteiger partial charge >= 0.3 is 0 Å². The second-order valence-corrected chi connectivity index (χ2v) is 6.50. The maximum absolute atomic E-state index is 12.8. The van der Waals surface area contributed by atoms with Gasteiger partial charge in [-0.1, -0.05) is 54.6 Å². The van der Waals surface area contributed by atoms with Crippen molar-refractivity contribution < 1.29 is 4.79 Å². The number of aryl methyl sites for hydroxylation is 3. The molecule has 0 saturated carbocycles. The number of benzene rings is 2. The van der Waals surface area contributed by atoms with Crippen LogP contribution < -0.4 is 5.32 Å². The van der Waals surface area contributed by atoms with E-state index < -0.39 is 0 Å². The summed E-state index contributed by atoms with van der Waals surface area (Å²) in [6.45, 7) is 7.41. The predicted molar refractivity (Wildman–Crippen MR) is 102 cm³/mol. The zero-order valence-corrected chi connectivity index (χ0v) is 15.0. The average molecular weight is 332 g/mol. The van der Waals surface area contributed by atoms with Gasteiger partial charge in [0.25, 0.3) is 5.91 Å². The van der Waals surface area contributed by atoms with Gasteiger partial charge in [-0.15, -0.1) is 0 Å². The van der Waals surface area contributed by atoms with Gasteiger partial charge in [-0.25, -0.2) is 0 Å². The molecule has 128 valence electrons. The van der Waals surface area contributed by atoms with Crippen LogP contribution in [-0.4, -0.2) is 10.5 Å². The molecule has 0 spiro atoms. The molecule has 2 aromatic carbocycles. The van der Waals surface area contributed by atoms with Crippen molar-refractivity contribution in [2.45, 2.75) is 33.9 Å². The van der Waals surface area contributed by atoms with Crippen LogP contribution in [0.2, 0.25) is 0 Å². The number of nitrogens with one attached hydrogen (secondary N) is 1. The van der Waals surface area contributed by atoms with E-state index in [1.807, 2.05) is 49.4 Å². The molecule has 3 nitrogen and oxygen atoms in total. The van der Waals surface area contributed by atoms with Crippen molar-refractivity contribution in [3.63, 3.8) is 0 Å². The largest absolute Gasteiger partial charge is 0.347 e. The van der Waals surface area contributed by atoms with Gasteiger partial charge in [0.05, 0.1) is 0 Å². The van der Waals surface area contributed by atoms with E-state index in [1.54, 1.807) is 0 Å². The van der Waals surface area contributed by atoms with E-state index in [4.69, 9.17) is 0 Å². The maximum Gasteiger partial charge on any atom is 0.268 e. The Balaban J connectivity index is 1.83. The first-order valence-corrected chi connectivity index (χ1v) is 8.59. The summed E-state index contributed by atoms with van der Waals surface area (Å²) in [6, 6.07) is 20.4. The van der Waals surface area contributed by atoms with Crippen LogP contribution in [0.25, 0.3) is 0 Å². The third-order valence-corrected chi connectivity index (χ3v) is 4.60. The molecule has 0 saturated heterocycles. The lowest BCUT2D eigenvalue weighted by molar-refractivity contribution is 0.0941. The number of nitrogens with zero attached hydrogens (tertiary/aromatic N) is 1. The molecule has 0 aliphatic heterocycles. The lowest BCUT2D eigenvalue weighted by Gasteiger charge is -2.14. The predicted octanol–water partition coefficient (Wildman–Crippen LogP) is 4.39. The second kappa shape index (κ2) is 7.39. The van der Waals surface area contributed by atoms with Crippen molar-refractivity contribution in [2.75, 3.05) is 0 Å². The van der Waals surface area contributed by atoms with E-state index in [-0.39, 0.29) is 5.91 Å². The van der Waals surface area contributed by atoms with Crippen molar-refractivity contribution in [3.05, 3.63) is 94.3 Å². The molecule has 0 aliphatic rings. The molecule has 0 unspecified atom stereocenters. The van der Waals surface area contributed by atoms with Gasteiger partial charge in [-0.2, -0.15) is 0 Å². The van der Waals surface area contributed by atoms with E-state index in [0.29, 0.717) is 13.1 Å². The van der Waals surface area contributed by atoms with Gasteiger partial charge in [-0.05, 0) is 49.1 Å². The molecule has 0 atom stereocenters. The molecule has 3 aromatic rings. The minimum absolute atomic E-state index is 0.0250. The Morgan fingerprint density at radius 2 is 1.60 bits per heavy atom. The van der Waals surface area contributed by atoms with Gasteiger partial charge in [0, 0.05) is 18.8 Å². The van der Waals surface area contributed by atoms with Gasteiger partial charge < -0.3 is 9.88 Å². The molecule has 1 amide bonds. The summed E-state index contributed by atoms with van der Waals surface area (Å²) in [4.78, 5) is 12.8. The third kappa shape index (κ3) is 3.82. The quantitative estimate of drug-likeness (QED) is 0.738. The van der Waals surface area contributed by atoms with Crippen LogP contribution >= 0.6 is 0 Å². The van der Waals surface area contributed by atoms with Crippen LogP contribution in [0, 0.1) is 20.8 Å². The highest BCUT2D eigenvalue weighted by molar-refractivity contribution is 5.94. The lowest BCUT2D eigenvalue weighted by atomic mass is 10.1. The van der Waals surface area contributed by atoms with E-state index in [0.717, 1.165) is 22.5 Å². The minimum Gasteiger partial charge on any atom is -0.347 e. The molecule has 0 fully saturated rings. The summed E-state index contributed by atoms with van der Waals surface area (Å²) in [5, 5.41) is 3.05. The third-order valence-electron chi connectivity index (χ3n) is 4.60. The first-order chi connectivity index (χ1) is 12.1. The van der Waals surface area contributed by atoms with Gasteiger partial charge in [0.1, 0.15) is 5.69 Å². The standard InChI is InChI=1S/C22H24N2O/c1-16-9-7-8-12-20(16)15-24-18(3)13-17(2)21(24)22(25)23-14-19-10-5-4-6-11-19/h4-13H,14-15H2,1-3H3,(H,23,25). The number of aromatic nitrogens is 1. The highest BCUT2D eigenvalue weighted by Crippen LogP contribution is 2.19. The van der Waals surface area contributed by atoms with Gasteiger partial charge in [0.15, 0.2) is 0 Å². The van der Waals surface area contributed by atoms with E-state index >= 15 is 0 Å². The van der Waals surface area contributed by atoms with Crippen molar-refractivity contribution in [2.24, 2.45) is 0 Å². The van der Waals surface area contributed by atoms with Crippen molar-refractivity contribution in [1.29, 1.82) is 0 Å². The molecule has 3 rings (SSSR count). The SMILES string of the molecule is Cc1ccccc1Cn1c(C)cc(C)c1C(=O)NCc1ccccc1. The summed E-state index contributed by atoms with van der Waals surface area (Å²) in [6.07, 6.45) is 0. The van der Waals surface area contributed by atoms with Crippen LogP contribution in [0.1, 0.15) is 38.4 Å². The summed E-state index contributed by atoms with van der Waals surface area (Å²) >= 11 is 0. The highest BCUT2D eigenvalue weighted by atomic mass is 16.1. The number of rotatable bonds is 5. The molecule has 0 radical (unpaired) electrons. The lowest BCUT2D eigenvalue weighted by Crippen LogP contribution is -2.26. The Kier molecular flexibility index (Phi) is 5.03. The van der Waals surface area contributed by atoms with Crippen LogP contribution in [0.5, 0.6) is 0 Å². The van der Waals surface area contributed by atoms with E-state index in [9.17, 15) is 4.79 Å². The van der Waals surface area contributed by atoms with Crippen molar-refractivity contribution in [1.82, 2.24) is 9.88 Å². The number of amides is 1. The Bertz CT molecular complexity index is 878. The Labute approximate surface area is 149 Å². The Morgan fingerprint density at radius 3 is 2.32 bits per heavy atom. The molecule has 1 heterocycles. The second-order valence-electron chi connectivity index (χ2n) is 6.50. The van der Waals surface area contributed by atoms with Crippen LogP contribution in [0.3, 0.4) is 0 Å². The van der Waals surface area contributed by atoms with Gasteiger partial charge in [0.2, 0.25) is 0 Å². The highest BCUT2D eigenvalue weighted by Gasteiger charge is 2.17. The Hall–Kier alpha value is -2.81. The molecular formula is C22H24N2O. The molecule has 1 N–H and O–H groups in total. The molecule has 3 heteroatoms. The first-order valence-electron chi connectivity index (χ1n) is 8.59. The number of hydrogen-bond acceptors (Lipinski definition) is 1. The topological polar surface area (TPSA) is 34.0 Å². The summed E-state index contributed by atoms with van der Waals surface area (Å²) < 4.78 is 2.11. The smallest absolute Gasteiger partial charge is 0.268 e. The van der Waals surface area contributed by atoms with Crippen molar-refractivity contribution in [3.8, 4) is 0 Å². The number of carbonyl (C=O) groups excluding carboxylic acids is 1. The monoisotopic (exact) mass is 332 g/mol. The Morgan fingerprint density at radius 1 is 0.920 bits per heavy atom. The fraction of sp³-hybridized carbons (Fsp3) is 0.227. The fourth-order valence-electron chi connectivity index (χ4n) is 3.17. The van der Waals surface area contributed by atoms with Crippen molar-refractivity contribution >= 4 is 5.91 Å².